The second-order valence-electron chi connectivity index (χ2n) is 5.13. The molecule has 0 amide bonds. The van der Waals surface area contributed by atoms with Gasteiger partial charge in [0.1, 0.15) is 5.75 Å². The molecule has 0 atom stereocenters. The van der Waals surface area contributed by atoms with Gasteiger partial charge >= 0.3 is 6.18 Å². The molecule has 0 fully saturated rings. The van der Waals surface area contributed by atoms with Gasteiger partial charge in [0, 0.05) is 0 Å². The molecule has 0 N–H and O–H groups in total. The van der Waals surface area contributed by atoms with Crippen LogP contribution in [-0.4, -0.2) is 6.61 Å². The van der Waals surface area contributed by atoms with Crippen molar-refractivity contribution >= 4 is 0 Å². The number of unbranched alkanes of at least 4 members (excludes halogenated alkanes) is 2. The Balaban J connectivity index is 1.71. The topological polar surface area (TPSA) is 9.23 Å². The molecule has 0 aliphatic carbocycles. The van der Waals surface area contributed by atoms with Gasteiger partial charge in [0.15, 0.2) is 0 Å². The molecular formula is C18H19F3O. The average Bonchev–Trinajstić information content (AvgIpc) is 2.51. The number of hydrogen-bond acceptors (Lipinski definition) is 1. The predicted octanol–water partition coefficient (Wildman–Crippen LogP) is 5.50. The van der Waals surface area contributed by atoms with Gasteiger partial charge in [-0.3, -0.25) is 0 Å². The molecule has 2 rings (SSSR count). The van der Waals surface area contributed by atoms with Crippen molar-refractivity contribution in [2.45, 2.75) is 31.9 Å². The van der Waals surface area contributed by atoms with Gasteiger partial charge in [0.2, 0.25) is 0 Å². The normalized spacial score (nSPS) is 11.4. The van der Waals surface area contributed by atoms with Gasteiger partial charge < -0.3 is 4.74 Å². The van der Waals surface area contributed by atoms with E-state index in [1.54, 1.807) is 12.1 Å². The maximum Gasteiger partial charge on any atom is 0.416 e. The molecule has 2 aromatic rings. The lowest BCUT2D eigenvalue weighted by atomic mass is 10.0. The Labute approximate surface area is 128 Å². The summed E-state index contributed by atoms with van der Waals surface area (Å²) in [5.74, 6) is 0.824. The van der Waals surface area contributed by atoms with E-state index in [2.05, 4.69) is 0 Å². The molecule has 0 bridgehead atoms. The van der Waals surface area contributed by atoms with Crippen molar-refractivity contribution in [1.82, 2.24) is 0 Å². The van der Waals surface area contributed by atoms with Crippen LogP contribution in [0.2, 0.25) is 0 Å². The van der Waals surface area contributed by atoms with E-state index >= 15 is 0 Å². The van der Waals surface area contributed by atoms with Crippen molar-refractivity contribution in [3.63, 3.8) is 0 Å². The van der Waals surface area contributed by atoms with Crippen LogP contribution in [0.3, 0.4) is 0 Å². The number of aryl methyl sites for hydroxylation is 1. The lowest BCUT2D eigenvalue weighted by molar-refractivity contribution is -0.138. The molecule has 0 saturated heterocycles. The Bertz CT molecular complexity index is 564. The molecule has 4 heteroatoms. The van der Waals surface area contributed by atoms with Crippen molar-refractivity contribution in [3.05, 3.63) is 65.7 Å². The van der Waals surface area contributed by atoms with Gasteiger partial charge in [-0.05, 0) is 49.4 Å². The van der Waals surface area contributed by atoms with Crippen LogP contribution in [0.1, 0.15) is 30.4 Å². The molecule has 118 valence electrons. The van der Waals surface area contributed by atoms with Crippen LogP contribution in [0.5, 0.6) is 5.75 Å². The van der Waals surface area contributed by atoms with E-state index in [-0.39, 0.29) is 0 Å². The van der Waals surface area contributed by atoms with E-state index in [1.807, 2.05) is 30.3 Å². The zero-order valence-corrected chi connectivity index (χ0v) is 12.3. The molecule has 0 unspecified atom stereocenters. The highest BCUT2D eigenvalue weighted by molar-refractivity contribution is 5.29. The third-order valence-electron chi connectivity index (χ3n) is 3.43. The van der Waals surface area contributed by atoms with Crippen LogP contribution in [0.25, 0.3) is 0 Å². The van der Waals surface area contributed by atoms with Crippen molar-refractivity contribution in [3.8, 4) is 5.75 Å². The molecule has 0 aromatic heterocycles. The number of hydrogen-bond donors (Lipinski definition) is 0. The van der Waals surface area contributed by atoms with E-state index in [0.717, 1.165) is 31.1 Å². The summed E-state index contributed by atoms with van der Waals surface area (Å²) >= 11 is 0. The highest BCUT2D eigenvalue weighted by Gasteiger charge is 2.32. The molecule has 0 spiro atoms. The fourth-order valence-corrected chi connectivity index (χ4v) is 2.32. The SMILES string of the molecule is FC(F)(F)c1ccccc1CCCCCOc1ccccc1. The van der Waals surface area contributed by atoms with Crippen molar-refractivity contribution < 1.29 is 17.9 Å². The largest absolute Gasteiger partial charge is 0.494 e. The van der Waals surface area contributed by atoms with Crippen LogP contribution >= 0.6 is 0 Å². The minimum atomic E-state index is -4.27. The smallest absolute Gasteiger partial charge is 0.416 e. The highest BCUT2D eigenvalue weighted by Crippen LogP contribution is 2.32. The lowest BCUT2D eigenvalue weighted by Crippen LogP contribution is -2.09. The molecule has 0 saturated carbocycles. The first-order valence-electron chi connectivity index (χ1n) is 7.40. The molecule has 0 radical (unpaired) electrons. The first kappa shape index (κ1) is 16.4. The van der Waals surface area contributed by atoms with Crippen LogP contribution in [0.15, 0.2) is 54.6 Å². The standard InChI is InChI=1S/C18H19F3O/c19-18(20,21)17-13-7-6-10-15(17)9-3-2-8-14-22-16-11-4-1-5-12-16/h1,4-7,10-13H,2-3,8-9,14H2. The van der Waals surface area contributed by atoms with E-state index in [4.69, 9.17) is 4.74 Å². The third kappa shape index (κ3) is 5.10. The van der Waals surface area contributed by atoms with Gasteiger partial charge in [-0.15, -0.1) is 0 Å². The second kappa shape index (κ2) is 7.87. The van der Waals surface area contributed by atoms with Gasteiger partial charge in [-0.2, -0.15) is 13.2 Å². The molecule has 0 aliphatic heterocycles. The average molecular weight is 308 g/mol. The van der Waals surface area contributed by atoms with E-state index in [0.29, 0.717) is 18.6 Å². The van der Waals surface area contributed by atoms with Gasteiger partial charge in [-0.1, -0.05) is 36.4 Å². The van der Waals surface area contributed by atoms with Crippen LogP contribution in [-0.2, 0) is 12.6 Å². The number of benzene rings is 2. The summed E-state index contributed by atoms with van der Waals surface area (Å²) in [6, 6.07) is 15.3. The van der Waals surface area contributed by atoms with E-state index < -0.39 is 11.7 Å². The van der Waals surface area contributed by atoms with Gasteiger partial charge in [0.25, 0.3) is 0 Å². The summed E-state index contributed by atoms with van der Waals surface area (Å²) in [7, 11) is 0. The predicted molar refractivity (Wildman–Crippen MR) is 80.9 cm³/mol. The van der Waals surface area contributed by atoms with Crippen molar-refractivity contribution in [2.75, 3.05) is 6.61 Å². The number of halogens is 3. The minimum absolute atomic E-state index is 0.374. The maximum atomic E-state index is 12.8. The van der Waals surface area contributed by atoms with Crippen molar-refractivity contribution in [1.29, 1.82) is 0 Å². The van der Waals surface area contributed by atoms with Gasteiger partial charge in [-0.25, -0.2) is 0 Å². The number of rotatable bonds is 7. The second-order valence-corrected chi connectivity index (χ2v) is 5.13. The maximum absolute atomic E-state index is 12.8. The van der Waals surface area contributed by atoms with Crippen molar-refractivity contribution in [2.24, 2.45) is 0 Å². The summed E-state index contributed by atoms with van der Waals surface area (Å²) < 4.78 is 44.1. The van der Waals surface area contributed by atoms with Gasteiger partial charge in [0.05, 0.1) is 12.2 Å². The zero-order valence-electron chi connectivity index (χ0n) is 12.3. The third-order valence-corrected chi connectivity index (χ3v) is 3.43. The highest BCUT2D eigenvalue weighted by atomic mass is 19.4. The molecular weight excluding hydrogens is 289 g/mol. The Morgan fingerprint density at radius 2 is 1.45 bits per heavy atom. The minimum Gasteiger partial charge on any atom is -0.494 e. The summed E-state index contributed by atoms with van der Waals surface area (Å²) in [5, 5.41) is 0. The van der Waals surface area contributed by atoms with E-state index in [9.17, 15) is 13.2 Å². The summed E-state index contributed by atoms with van der Waals surface area (Å²) in [5.41, 5.74) is -0.144. The Morgan fingerprint density at radius 3 is 2.18 bits per heavy atom. The quantitative estimate of drug-likeness (QED) is 0.614. The Kier molecular flexibility index (Phi) is 5.87. The summed E-state index contributed by atoms with van der Waals surface area (Å²) in [6.45, 7) is 0.588. The molecule has 1 nitrogen and oxygen atoms in total. The molecule has 0 aliphatic rings. The first-order chi connectivity index (χ1) is 10.6. The van der Waals surface area contributed by atoms with Crippen LogP contribution < -0.4 is 4.74 Å². The number of ether oxygens (including phenoxy) is 1. The fraction of sp³-hybridized carbons (Fsp3) is 0.333. The summed E-state index contributed by atoms with van der Waals surface area (Å²) in [6.07, 6.45) is -1.42. The lowest BCUT2D eigenvalue weighted by Gasteiger charge is -2.12. The Morgan fingerprint density at radius 1 is 0.773 bits per heavy atom. The van der Waals surface area contributed by atoms with E-state index in [1.165, 1.54) is 6.07 Å². The van der Waals surface area contributed by atoms with Crippen LogP contribution in [0, 0.1) is 0 Å². The molecule has 0 heterocycles. The number of alkyl halides is 3. The first-order valence-corrected chi connectivity index (χ1v) is 7.40. The zero-order chi connectivity index (χ0) is 15.8. The number of para-hydroxylation sites is 1. The molecule has 2 aromatic carbocycles. The fourth-order valence-electron chi connectivity index (χ4n) is 2.32. The molecule has 22 heavy (non-hydrogen) atoms. The summed E-state index contributed by atoms with van der Waals surface area (Å²) in [4.78, 5) is 0. The Hall–Kier alpha value is -1.97. The van der Waals surface area contributed by atoms with Crippen LogP contribution in [0.4, 0.5) is 13.2 Å². The monoisotopic (exact) mass is 308 g/mol.